The first-order valence-electron chi connectivity index (χ1n) is 3.93. The molecular formula is C7H8N2O6. The second-order valence-electron chi connectivity index (χ2n) is 2.67. The predicted octanol–water partition coefficient (Wildman–Crippen LogP) is -0.793. The van der Waals surface area contributed by atoms with Gasteiger partial charge in [0.25, 0.3) is 5.91 Å². The number of carbonyl (C=O) groups excluding carboxylic acids is 4. The van der Waals surface area contributed by atoms with Gasteiger partial charge in [0, 0.05) is 13.8 Å². The zero-order chi connectivity index (χ0) is 11.6. The number of carbonyl (C=O) groups is 4. The second-order valence-corrected chi connectivity index (χ2v) is 2.67. The van der Waals surface area contributed by atoms with E-state index >= 15 is 0 Å². The molecule has 0 N–H and O–H groups in total. The van der Waals surface area contributed by atoms with Crippen molar-refractivity contribution in [3.05, 3.63) is 0 Å². The number of rotatable bonds is 2. The molecule has 1 heterocycles. The zero-order valence-electron chi connectivity index (χ0n) is 8.05. The summed E-state index contributed by atoms with van der Waals surface area (Å²) in [6, 6.07) is -1.01. The van der Waals surface area contributed by atoms with Crippen molar-refractivity contribution in [1.29, 1.82) is 0 Å². The molecule has 0 aliphatic carbocycles. The van der Waals surface area contributed by atoms with Gasteiger partial charge in [0.2, 0.25) is 0 Å². The van der Waals surface area contributed by atoms with E-state index in [0.29, 0.717) is 5.06 Å². The van der Waals surface area contributed by atoms with Gasteiger partial charge in [0.1, 0.15) is 6.54 Å². The standard InChI is InChI=1S/C7H8N2O6/c1-4(10)14-8-3-6(12)9(7(8)13)15-5(2)11/h3H2,1-2H3. The summed E-state index contributed by atoms with van der Waals surface area (Å²) in [5.74, 6) is -2.35. The molecule has 0 bridgehead atoms. The van der Waals surface area contributed by atoms with Gasteiger partial charge in [0.05, 0.1) is 0 Å². The van der Waals surface area contributed by atoms with E-state index < -0.39 is 30.4 Å². The number of nitrogens with zero attached hydrogens (tertiary/aromatic N) is 2. The fourth-order valence-electron chi connectivity index (χ4n) is 0.908. The van der Waals surface area contributed by atoms with E-state index in [0.717, 1.165) is 13.8 Å². The van der Waals surface area contributed by atoms with Crippen LogP contribution in [0, 0.1) is 0 Å². The lowest BCUT2D eigenvalue weighted by molar-refractivity contribution is -0.182. The minimum atomic E-state index is -1.01. The van der Waals surface area contributed by atoms with E-state index in [1.807, 2.05) is 0 Å². The number of urea groups is 1. The topological polar surface area (TPSA) is 93.2 Å². The molecule has 0 unspecified atom stereocenters. The Morgan fingerprint density at radius 3 is 2.13 bits per heavy atom. The molecule has 0 aromatic heterocycles. The summed E-state index contributed by atoms with van der Waals surface area (Å²) in [4.78, 5) is 52.1. The van der Waals surface area contributed by atoms with Crippen LogP contribution >= 0.6 is 0 Å². The molecule has 0 spiro atoms. The van der Waals surface area contributed by atoms with Crippen LogP contribution in [0.25, 0.3) is 0 Å². The summed E-state index contributed by atoms with van der Waals surface area (Å²) in [5, 5.41) is 0.749. The summed E-state index contributed by atoms with van der Waals surface area (Å²) in [5.41, 5.74) is 0. The van der Waals surface area contributed by atoms with Crippen molar-refractivity contribution in [3.63, 3.8) is 0 Å². The van der Waals surface area contributed by atoms with Crippen LogP contribution in [0.3, 0.4) is 0 Å². The fourth-order valence-corrected chi connectivity index (χ4v) is 0.908. The van der Waals surface area contributed by atoms with Crippen LogP contribution in [0.15, 0.2) is 0 Å². The molecule has 1 rings (SSSR count). The lowest BCUT2D eigenvalue weighted by Crippen LogP contribution is -2.35. The first kappa shape index (κ1) is 11.0. The van der Waals surface area contributed by atoms with Crippen molar-refractivity contribution in [2.24, 2.45) is 0 Å². The van der Waals surface area contributed by atoms with Gasteiger partial charge in [-0.2, -0.15) is 0 Å². The number of imide groups is 1. The molecule has 1 fully saturated rings. The predicted molar refractivity (Wildman–Crippen MR) is 42.5 cm³/mol. The molecule has 8 nitrogen and oxygen atoms in total. The molecule has 0 saturated carbocycles. The van der Waals surface area contributed by atoms with Crippen LogP contribution < -0.4 is 0 Å². The number of hydrogen-bond donors (Lipinski definition) is 0. The van der Waals surface area contributed by atoms with Crippen molar-refractivity contribution >= 4 is 23.9 Å². The average Bonchev–Trinajstić information content (AvgIpc) is 2.31. The molecule has 0 aromatic carbocycles. The molecule has 1 aliphatic rings. The van der Waals surface area contributed by atoms with Crippen LogP contribution in [-0.4, -0.2) is 40.5 Å². The second kappa shape index (κ2) is 3.95. The quantitative estimate of drug-likeness (QED) is 0.561. The van der Waals surface area contributed by atoms with Crippen LogP contribution in [-0.2, 0) is 24.1 Å². The van der Waals surface area contributed by atoms with Gasteiger partial charge in [-0.05, 0) is 0 Å². The summed E-state index contributed by atoms with van der Waals surface area (Å²) in [6.45, 7) is 1.65. The Balaban J connectivity index is 2.70. The highest BCUT2D eigenvalue weighted by atomic mass is 16.8. The Morgan fingerprint density at radius 2 is 1.67 bits per heavy atom. The molecular weight excluding hydrogens is 208 g/mol. The largest absolute Gasteiger partial charge is 0.394 e. The lowest BCUT2D eigenvalue weighted by atomic mass is 10.6. The van der Waals surface area contributed by atoms with Crippen LogP contribution in [0.4, 0.5) is 4.79 Å². The van der Waals surface area contributed by atoms with Gasteiger partial charge in [-0.25, -0.2) is 9.59 Å². The van der Waals surface area contributed by atoms with Gasteiger partial charge in [0.15, 0.2) is 0 Å². The zero-order valence-corrected chi connectivity index (χ0v) is 8.05. The summed E-state index contributed by atoms with van der Waals surface area (Å²) >= 11 is 0. The van der Waals surface area contributed by atoms with E-state index in [1.54, 1.807) is 0 Å². The Morgan fingerprint density at radius 1 is 1.13 bits per heavy atom. The van der Waals surface area contributed by atoms with E-state index in [1.165, 1.54) is 0 Å². The lowest BCUT2D eigenvalue weighted by Gasteiger charge is -2.13. The Hall–Kier alpha value is -2.12. The highest BCUT2D eigenvalue weighted by molar-refractivity contribution is 6.01. The van der Waals surface area contributed by atoms with Gasteiger partial charge in [-0.1, -0.05) is 5.06 Å². The van der Waals surface area contributed by atoms with Crippen molar-refractivity contribution in [2.45, 2.75) is 13.8 Å². The number of hydroxylamine groups is 4. The molecule has 1 aliphatic heterocycles. The van der Waals surface area contributed by atoms with Crippen molar-refractivity contribution in [3.8, 4) is 0 Å². The van der Waals surface area contributed by atoms with E-state index in [-0.39, 0.29) is 5.06 Å². The third-order valence-corrected chi connectivity index (χ3v) is 1.35. The Bertz CT molecular complexity index is 338. The molecule has 0 atom stereocenters. The maximum Gasteiger partial charge on any atom is 0.394 e. The molecule has 1 saturated heterocycles. The van der Waals surface area contributed by atoms with Crippen LogP contribution in [0.5, 0.6) is 0 Å². The average molecular weight is 216 g/mol. The summed E-state index contributed by atoms with van der Waals surface area (Å²) in [6.07, 6.45) is 0. The minimum Gasteiger partial charge on any atom is -0.336 e. The molecule has 3 amide bonds. The van der Waals surface area contributed by atoms with E-state index in [4.69, 9.17) is 0 Å². The highest BCUT2D eigenvalue weighted by Crippen LogP contribution is 2.11. The molecule has 8 heteroatoms. The fraction of sp³-hybridized carbons (Fsp3) is 0.429. The number of hydrogen-bond acceptors (Lipinski definition) is 6. The molecule has 0 radical (unpaired) electrons. The first-order chi connectivity index (χ1) is 6.91. The van der Waals surface area contributed by atoms with Gasteiger partial charge < -0.3 is 9.68 Å². The minimum absolute atomic E-state index is 0.241. The van der Waals surface area contributed by atoms with Crippen molar-refractivity contribution in [2.75, 3.05) is 6.54 Å². The third-order valence-electron chi connectivity index (χ3n) is 1.35. The molecule has 82 valence electrons. The van der Waals surface area contributed by atoms with E-state index in [9.17, 15) is 19.2 Å². The Labute approximate surface area is 84.2 Å². The highest BCUT2D eigenvalue weighted by Gasteiger charge is 2.41. The first-order valence-corrected chi connectivity index (χ1v) is 3.93. The maximum atomic E-state index is 11.3. The van der Waals surface area contributed by atoms with Crippen LogP contribution in [0.2, 0.25) is 0 Å². The van der Waals surface area contributed by atoms with Gasteiger partial charge >= 0.3 is 18.0 Å². The third kappa shape index (κ3) is 2.42. The maximum absolute atomic E-state index is 11.3. The normalized spacial score (nSPS) is 15.6. The molecule has 0 aromatic rings. The molecule has 15 heavy (non-hydrogen) atoms. The smallest absolute Gasteiger partial charge is 0.336 e. The van der Waals surface area contributed by atoms with E-state index in [2.05, 4.69) is 9.68 Å². The van der Waals surface area contributed by atoms with Crippen LogP contribution in [0.1, 0.15) is 13.8 Å². The SMILES string of the molecule is CC(=O)ON1CC(=O)N(OC(C)=O)C1=O. The van der Waals surface area contributed by atoms with Crippen molar-refractivity contribution in [1.82, 2.24) is 10.1 Å². The Kier molecular flexibility index (Phi) is 2.88. The number of amides is 3. The van der Waals surface area contributed by atoms with Gasteiger partial charge in [-0.3, -0.25) is 9.59 Å². The van der Waals surface area contributed by atoms with Crippen molar-refractivity contribution < 1.29 is 28.9 Å². The monoisotopic (exact) mass is 216 g/mol. The summed E-state index contributed by atoms with van der Waals surface area (Å²) in [7, 11) is 0. The van der Waals surface area contributed by atoms with Gasteiger partial charge in [-0.15, -0.1) is 5.06 Å². The summed E-state index contributed by atoms with van der Waals surface area (Å²) < 4.78 is 0.